The Kier molecular flexibility index (Phi) is 3.76. The molecule has 0 saturated carbocycles. The molecule has 0 atom stereocenters. The number of hydrogen-bond donors (Lipinski definition) is 1. The first-order valence-electron chi connectivity index (χ1n) is 4.19. The smallest absolute Gasteiger partial charge is 0.0220 e. The van der Waals surface area contributed by atoms with Gasteiger partial charge in [-0.05, 0) is 38.6 Å². The first-order chi connectivity index (χ1) is 5.43. The molecule has 1 aromatic heterocycles. The molecule has 1 rings (SSSR count). The number of aryl methyl sites for hydroxylation is 1. The topological polar surface area (TPSA) is 17.0 Å². The van der Waals surface area contributed by atoms with E-state index in [0.29, 0.717) is 0 Å². The molecule has 0 aliphatic rings. The van der Waals surface area contributed by atoms with Crippen molar-refractivity contribution in [3.05, 3.63) is 24.5 Å². The first kappa shape index (κ1) is 8.34. The summed E-state index contributed by atoms with van der Waals surface area (Å²) in [6.07, 6.45) is 6.74. The van der Waals surface area contributed by atoms with Crippen molar-refractivity contribution in [3.63, 3.8) is 0 Å². The molecule has 0 aromatic carbocycles. The predicted molar refractivity (Wildman–Crippen MR) is 47.6 cm³/mol. The number of rotatable bonds is 5. The second kappa shape index (κ2) is 4.97. The standard InChI is InChI=1S/C9H16N2/c1-10-6-2-3-7-11-8-4-5-9-11/h4-5,8-10H,2-3,6-7H2,1H3. The summed E-state index contributed by atoms with van der Waals surface area (Å²) >= 11 is 0. The van der Waals surface area contributed by atoms with Gasteiger partial charge in [0.25, 0.3) is 0 Å². The highest BCUT2D eigenvalue weighted by Crippen LogP contribution is 1.95. The molecule has 0 spiro atoms. The van der Waals surface area contributed by atoms with Crippen LogP contribution in [0, 0.1) is 0 Å². The van der Waals surface area contributed by atoms with Gasteiger partial charge in [-0.2, -0.15) is 0 Å². The van der Waals surface area contributed by atoms with Crippen molar-refractivity contribution in [2.24, 2.45) is 0 Å². The van der Waals surface area contributed by atoms with E-state index in [1.807, 2.05) is 7.05 Å². The normalized spacial score (nSPS) is 10.3. The lowest BCUT2D eigenvalue weighted by atomic mass is 10.3. The Hall–Kier alpha value is -0.760. The van der Waals surface area contributed by atoms with E-state index in [2.05, 4.69) is 34.4 Å². The van der Waals surface area contributed by atoms with Crippen molar-refractivity contribution in [3.8, 4) is 0 Å². The maximum Gasteiger partial charge on any atom is 0.0220 e. The quantitative estimate of drug-likeness (QED) is 0.632. The van der Waals surface area contributed by atoms with E-state index in [-0.39, 0.29) is 0 Å². The minimum Gasteiger partial charge on any atom is -0.354 e. The molecule has 2 heteroatoms. The van der Waals surface area contributed by atoms with Gasteiger partial charge in [-0.15, -0.1) is 0 Å². The summed E-state index contributed by atoms with van der Waals surface area (Å²) in [5.41, 5.74) is 0. The van der Waals surface area contributed by atoms with Crippen molar-refractivity contribution in [2.75, 3.05) is 13.6 Å². The molecule has 2 nitrogen and oxygen atoms in total. The molecule has 1 heterocycles. The fourth-order valence-electron chi connectivity index (χ4n) is 1.12. The number of hydrogen-bond acceptors (Lipinski definition) is 1. The summed E-state index contributed by atoms with van der Waals surface area (Å²) < 4.78 is 2.22. The van der Waals surface area contributed by atoms with Crippen LogP contribution in [0.25, 0.3) is 0 Å². The number of nitrogens with zero attached hydrogens (tertiary/aromatic N) is 1. The van der Waals surface area contributed by atoms with Gasteiger partial charge >= 0.3 is 0 Å². The van der Waals surface area contributed by atoms with Crippen LogP contribution in [-0.2, 0) is 6.54 Å². The number of unbranched alkanes of at least 4 members (excludes halogenated alkanes) is 1. The highest BCUT2D eigenvalue weighted by atomic mass is 14.9. The zero-order chi connectivity index (χ0) is 7.94. The predicted octanol–water partition coefficient (Wildman–Crippen LogP) is 1.49. The van der Waals surface area contributed by atoms with Crippen molar-refractivity contribution in [1.82, 2.24) is 9.88 Å². The van der Waals surface area contributed by atoms with Gasteiger partial charge in [0.2, 0.25) is 0 Å². The molecule has 0 saturated heterocycles. The summed E-state index contributed by atoms with van der Waals surface area (Å²) in [6.45, 7) is 2.27. The third kappa shape index (κ3) is 3.23. The summed E-state index contributed by atoms with van der Waals surface area (Å²) in [5.74, 6) is 0. The van der Waals surface area contributed by atoms with Crippen LogP contribution in [0.15, 0.2) is 24.5 Å². The fraction of sp³-hybridized carbons (Fsp3) is 0.556. The van der Waals surface area contributed by atoms with Gasteiger partial charge in [0.15, 0.2) is 0 Å². The second-order valence-electron chi connectivity index (χ2n) is 2.73. The molecule has 0 amide bonds. The Balaban J connectivity index is 2.04. The first-order valence-corrected chi connectivity index (χ1v) is 4.19. The van der Waals surface area contributed by atoms with E-state index in [0.717, 1.165) is 13.1 Å². The van der Waals surface area contributed by atoms with Crippen molar-refractivity contribution in [2.45, 2.75) is 19.4 Å². The maximum atomic E-state index is 3.14. The van der Waals surface area contributed by atoms with Crippen LogP contribution in [-0.4, -0.2) is 18.2 Å². The van der Waals surface area contributed by atoms with Gasteiger partial charge in [0, 0.05) is 18.9 Å². The largest absolute Gasteiger partial charge is 0.354 e. The van der Waals surface area contributed by atoms with Gasteiger partial charge in [0.1, 0.15) is 0 Å². The van der Waals surface area contributed by atoms with Crippen LogP contribution in [0.4, 0.5) is 0 Å². The van der Waals surface area contributed by atoms with Gasteiger partial charge in [-0.25, -0.2) is 0 Å². The Bertz CT molecular complexity index is 168. The lowest BCUT2D eigenvalue weighted by molar-refractivity contribution is 0.593. The second-order valence-corrected chi connectivity index (χ2v) is 2.73. The van der Waals surface area contributed by atoms with Gasteiger partial charge in [0.05, 0.1) is 0 Å². The van der Waals surface area contributed by atoms with Crippen LogP contribution >= 0.6 is 0 Å². The van der Waals surface area contributed by atoms with Crippen molar-refractivity contribution in [1.29, 1.82) is 0 Å². The van der Waals surface area contributed by atoms with E-state index in [9.17, 15) is 0 Å². The molecule has 0 bridgehead atoms. The lowest BCUT2D eigenvalue weighted by Gasteiger charge is -2.01. The SMILES string of the molecule is CNCCCCn1cccc1. The molecule has 0 fully saturated rings. The molecule has 0 unspecified atom stereocenters. The molecule has 11 heavy (non-hydrogen) atoms. The third-order valence-electron chi connectivity index (χ3n) is 1.76. The van der Waals surface area contributed by atoms with Crippen LogP contribution in [0.5, 0.6) is 0 Å². The lowest BCUT2D eigenvalue weighted by Crippen LogP contribution is -2.08. The van der Waals surface area contributed by atoms with Gasteiger partial charge < -0.3 is 9.88 Å². The molecular weight excluding hydrogens is 136 g/mol. The Morgan fingerprint density at radius 3 is 2.55 bits per heavy atom. The summed E-state index contributed by atoms with van der Waals surface area (Å²) in [5, 5.41) is 3.14. The van der Waals surface area contributed by atoms with Crippen LogP contribution in [0.1, 0.15) is 12.8 Å². The zero-order valence-corrected chi connectivity index (χ0v) is 7.09. The Morgan fingerprint density at radius 1 is 1.18 bits per heavy atom. The highest BCUT2D eigenvalue weighted by molar-refractivity contribution is 4.89. The molecule has 62 valence electrons. The zero-order valence-electron chi connectivity index (χ0n) is 7.09. The van der Waals surface area contributed by atoms with Crippen LogP contribution < -0.4 is 5.32 Å². The number of nitrogens with one attached hydrogen (secondary N) is 1. The average molecular weight is 152 g/mol. The van der Waals surface area contributed by atoms with Crippen LogP contribution in [0.3, 0.4) is 0 Å². The minimum atomic E-state index is 1.13. The number of aromatic nitrogens is 1. The third-order valence-corrected chi connectivity index (χ3v) is 1.76. The fourth-order valence-corrected chi connectivity index (χ4v) is 1.12. The average Bonchev–Trinajstić information content (AvgIpc) is 2.50. The molecule has 0 radical (unpaired) electrons. The molecule has 0 aliphatic carbocycles. The summed E-state index contributed by atoms with van der Waals surface area (Å²) in [7, 11) is 2.00. The maximum absolute atomic E-state index is 3.14. The summed E-state index contributed by atoms with van der Waals surface area (Å²) in [4.78, 5) is 0. The molecule has 0 aliphatic heterocycles. The van der Waals surface area contributed by atoms with E-state index in [1.54, 1.807) is 0 Å². The Labute approximate surface area is 68.2 Å². The van der Waals surface area contributed by atoms with Crippen molar-refractivity contribution >= 4 is 0 Å². The minimum absolute atomic E-state index is 1.13. The van der Waals surface area contributed by atoms with Crippen molar-refractivity contribution < 1.29 is 0 Å². The van der Waals surface area contributed by atoms with E-state index >= 15 is 0 Å². The van der Waals surface area contributed by atoms with Crippen LogP contribution in [0.2, 0.25) is 0 Å². The Morgan fingerprint density at radius 2 is 1.91 bits per heavy atom. The van der Waals surface area contributed by atoms with E-state index < -0.39 is 0 Å². The van der Waals surface area contributed by atoms with Gasteiger partial charge in [-0.1, -0.05) is 0 Å². The summed E-state index contributed by atoms with van der Waals surface area (Å²) in [6, 6.07) is 4.14. The van der Waals surface area contributed by atoms with E-state index in [4.69, 9.17) is 0 Å². The molecule has 1 N–H and O–H groups in total. The highest BCUT2D eigenvalue weighted by Gasteiger charge is 1.88. The molecule has 1 aromatic rings. The monoisotopic (exact) mass is 152 g/mol. The molecular formula is C9H16N2. The van der Waals surface area contributed by atoms with E-state index in [1.165, 1.54) is 12.8 Å². The van der Waals surface area contributed by atoms with Gasteiger partial charge in [-0.3, -0.25) is 0 Å².